The second kappa shape index (κ2) is 6.05. The van der Waals surface area contributed by atoms with Gasteiger partial charge in [0.15, 0.2) is 0 Å². The summed E-state index contributed by atoms with van der Waals surface area (Å²) >= 11 is 3.34. The van der Waals surface area contributed by atoms with Crippen LogP contribution in [0.4, 0.5) is 0 Å². The summed E-state index contributed by atoms with van der Waals surface area (Å²) in [6.07, 6.45) is 2.70. The number of hydrogen-bond donors (Lipinski definition) is 2. The van der Waals surface area contributed by atoms with Gasteiger partial charge in [0, 0.05) is 36.5 Å². The van der Waals surface area contributed by atoms with Crippen LogP contribution in [0.2, 0.25) is 0 Å². The van der Waals surface area contributed by atoms with E-state index in [1.807, 2.05) is 11.6 Å². The Kier molecular flexibility index (Phi) is 4.41. The minimum Gasteiger partial charge on any atom is -0.330 e. The van der Waals surface area contributed by atoms with Crippen LogP contribution in [0.25, 0.3) is 0 Å². The molecule has 6 heteroatoms. The SMILES string of the molecule is NCCc1nc(CNCc2nccs2)cs1. The summed E-state index contributed by atoms with van der Waals surface area (Å²) in [7, 11) is 0. The second-order valence-electron chi connectivity index (χ2n) is 3.30. The van der Waals surface area contributed by atoms with E-state index in [-0.39, 0.29) is 0 Å². The van der Waals surface area contributed by atoms with E-state index >= 15 is 0 Å². The lowest BCUT2D eigenvalue weighted by molar-refractivity contribution is 0.677. The molecule has 0 atom stereocenters. The van der Waals surface area contributed by atoms with Crippen LogP contribution in [-0.4, -0.2) is 16.5 Å². The van der Waals surface area contributed by atoms with E-state index in [1.54, 1.807) is 22.7 Å². The number of thiazole rings is 2. The highest BCUT2D eigenvalue weighted by Gasteiger charge is 2.01. The van der Waals surface area contributed by atoms with Gasteiger partial charge in [-0.2, -0.15) is 0 Å². The van der Waals surface area contributed by atoms with Gasteiger partial charge in [0.05, 0.1) is 10.7 Å². The molecule has 0 radical (unpaired) electrons. The van der Waals surface area contributed by atoms with Gasteiger partial charge in [-0.05, 0) is 6.54 Å². The summed E-state index contributed by atoms with van der Waals surface area (Å²) in [5, 5.41) is 9.62. The lowest BCUT2D eigenvalue weighted by Gasteiger charge is -1.98. The maximum Gasteiger partial charge on any atom is 0.106 e. The van der Waals surface area contributed by atoms with Crippen molar-refractivity contribution in [3.63, 3.8) is 0 Å². The first-order chi connectivity index (χ1) is 7.88. The number of hydrogen-bond acceptors (Lipinski definition) is 6. The average Bonchev–Trinajstić information content (AvgIpc) is 2.90. The Hall–Kier alpha value is -0.820. The summed E-state index contributed by atoms with van der Waals surface area (Å²) in [5.41, 5.74) is 6.57. The summed E-state index contributed by atoms with van der Waals surface area (Å²) < 4.78 is 0. The first-order valence-electron chi connectivity index (χ1n) is 5.11. The van der Waals surface area contributed by atoms with Crippen LogP contribution < -0.4 is 11.1 Å². The zero-order chi connectivity index (χ0) is 11.2. The average molecular weight is 254 g/mol. The van der Waals surface area contributed by atoms with E-state index in [0.29, 0.717) is 6.54 Å². The molecule has 4 nitrogen and oxygen atoms in total. The lowest BCUT2D eigenvalue weighted by Crippen LogP contribution is -2.12. The van der Waals surface area contributed by atoms with E-state index in [0.717, 1.165) is 35.2 Å². The Morgan fingerprint density at radius 1 is 1.25 bits per heavy atom. The quantitative estimate of drug-likeness (QED) is 0.817. The number of rotatable bonds is 6. The maximum atomic E-state index is 5.48. The fraction of sp³-hybridized carbons (Fsp3) is 0.400. The first-order valence-corrected chi connectivity index (χ1v) is 6.87. The highest BCUT2D eigenvalue weighted by molar-refractivity contribution is 7.09. The molecule has 2 rings (SSSR count). The Morgan fingerprint density at radius 3 is 2.94 bits per heavy atom. The van der Waals surface area contributed by atoms with Crippen LogP contribution >= 0.6 is 22.7 Å². The molecule has 3 N–H and O–H groups in total. The third-order valence-electron chi connectivity index (χ3n) is 2.02. The minimum atomic E-state index is 0.666. The predicted molar refractivity (Wildman–Crippen MR) is 67.5 cm³/mol. The van der Waals surface area contributed by atoms with Crippen LogP contribution in [0, 0.1) is 0 Å². The van der Waals surface area contributed by atoms with Gasteiger partial charge in [-0.1, -0.05) is 0 Å². The van der Waals surface area contributed by atoms with Crippen molar-refractivity contribution in [3.8, 4) is 0 Å². The molecular formula is C10H14N4S2. The molecule has 0 amide bonds. The number of nitrogens with two attached hydrogens (primary N) is 1. The van der Waals surface area contributed by atoms with Crippen LogP contribution in [0.15, 0.2) is 17.0 Å². The predicted octanol–water partition coefficient (Wildman–Crippen LogP) is 1.39. The van der Waals surface area contributed by atoms with Crippen molar-refractivity contribution in [2.45, 2.75) is 19.5 Å². The number of nitrogens with one attached hydrogen (secondary N) is 1. The summed E-state index contributed by atoms with van der Waals surface area (Å²) in [5.74, 6) is 0. The van der Waals surface area contributed by atoms with Gasteiger partial charge in [0.2, 0.25) is 0 Å². The molecule has 0 saturated heterocycles. The largest absolute Gasteiger partial charge is 0.330 e. The normalized spacial score (nSPS) is 10.8. The van der Waals surface area contributed by atoms with Crippen molar-refractivity contribution in [1.82, 2.24) is 15.3 Å². The summed E-state index contributed by atoms with van der Waals surface area (Å²) in [6.45, 7) is 2.27. The molecule has 0 aromatic carbocycles. The molecule has 0 fully saturated rings. The number of nitrogens with zero attached hydrogens (tertiary/aromatic N) is 2. The van der Waals surface area contributed by atoms with Crippen LogP contribution in [0.3, 0.4) is 0 Å². The Balaban J connectivity index is 1.76. The highest BCUT2D eigenvalue weighted by atomic mass is 32.1. The zero-order valence-corrected chi connectivity index (χ0v) is 10.5. The van der Waals surface area contributed by atoms with E-state index in [2.05, 4.69) is 20.7 Å². The van der Waals surface area contributed by atoms with Crippen LogP contribution in [0.5, 0.6) is 0 Å². The third kappa shape index (κ3) is 3.34. The van der Waals surface area contributed by atoms with Crippen molar-refractivity contribution < 1.29 is 0 Å². The van der Waals surface area contributed by atoms with Gasteiger partial charge < -0.3 is 11.1 Å². The first kappa shape index (κ1) is 11.7. The Labute approximate surface area is 103 Å². The van der Waals surface area contributed by atoms with Gasteiger partial charge in [-0.25, -0.2) is 9.97 Å². The molecule has 0 spiro atoms. The standard InChI is InChI=1S/C10H14N4S2/c11-2-1-9-14-8(7-16-9)5-12-6-10-13-3-4-15-10/h3-4,7,12H,1-2,5-6,11H2. The smallest absolute Gasteiger partial charge is 0.106 e. The fourth-order valence-corrected chi connectivity index (χ4v) is 2.71. The molecule has 2 heterocycles. The number of aromatic nitrogens is 2. The zero-order valence-electron chi connectivity index (χ0n) is 8.85. The molecule has 0 unspecified atom stereocenters. The molecule has 16 heavy (non-hydrogen) atoms. The van der Waals surface area contributed by atoms with E-state index in [4.69, 9.17) is 5.73 Å². The van der Waals surface area contributed by atoms with Gasteiger partial charge >= 0.3 is 0 Å². The fourth-order valence-electron chi connectivity index (χ4n) is 1.31. The van der Waals surface area contributed by atoms with Gasteiger partial charge in [-0.3, -0.25) is 0 Å². The Bertz CT molecular complexity index is 410. The van der Waals surface area contributed by atoms with Crippen LogP contribution in [-0.2, 0) is 19.5 Å². The summed E-state index contributed by atoms with van der Waals surface area (Å²) in [6, 6.07) is 0. The molecule has 0 aliphatic heterocycles. The van der Waals surface area contributed by atoms with Gasteiger partial charge in [-0.15, -0.1) is 22.7 Å². The van der Waals surface area contributed by atoms with Gasteiger partial charge in [0.1, 0.15) is 5.01 Å². The maximum absolute atomic E-state index is 5.48. The van der Waals surface area contributed by atoms with Crippen molar-refractivity contribution in [2.24, 2.45) is 5.73 Å². The van der Waals surface area contributed by atoms with E-state index in [1.165, 1.54) is 0 Å². The minimum absolute atomic E-state index is 0.666. The second-order valence-corrected chi connectivity index (χ2v) is 5.22. The van der Waals surface area contributed by atoms with Crippen molar-refractivity contribution in [3.05, 3.63) is 32.7 Å². The molecule has 86 valence electrons. The lowest BCUT2D eigenvalue weighted by atomic mass is 10.4. The molecule has 2 aromatic heterocycles. The Morgan fingerprint density at radius 2 is 2.19 bits per heavy atom. The van der Waals surface area contributed by atoms with Crippen molar-refractivity contribution in [2.75, 3.05) is 6.54 Å². The summed E-state index contributed by atoms with van der Waals surface area (Å²) in [4.78, 5) is 8.68. The molecule has 0 aliphatic carbocycles. The van der Waals surface area contributed by atoms with Crippen LogP contribution in [0.1, 0.15) is 15.7 Å². The highest BCUT2D eigenvalue weighted by Crippen LogP contribution is 2.10. The molecule has 0 aliphatic rings. The van der Waals surface area contributed by atoms with E-state index in [9.17, 15) is 0 Å². The monoisotopic (exact) mass is 254 g/mol. The molecule has 2 aromatic rings. The van der Waals surface area contributed by atoms with Gasteiger partial charge in [0.25, 0.3) is 0 Å². The topological polar surface area (TPSA) is 63.8 Å². The van der Waals surface area contributed by atoms with Crippen molar-refractivity contribution in [1.29, 1.82) is 0 Å². The van der Waals surface area contributed by atoms with E-state index < -0.39 is 0 Å². The van der Waals surface area contributed by atoms with Crippen molar-refractivity contribution >= 4 is 22.7 Å². The molecule has 0 bridgehead atoms. The molecule has 0 saturated carbocycles. The third-order valence-corrected chi connectivity index (χ3v) is 3.76. The molecular weight excluding hydrogens is 240 g/mol.